The highest BCUT2D eigenvalue weighted by atomic mass is 16.5. The van der Waals surface area contributed by atoms with Crippen LogP contribution in [0.2, 0.25) is 0 Å². The maximum Gasteiger partial charge on any atom is 0.308 e. The monoisotopic (exact) mass is 495 g/mol. The summed E-state index contributed by atoms with van der Waals surface area (Å²) >= 11 is 0. The zero-order valence-corrected chi connectivity index (χ0v) is 21.3. The molecular weight excluding hydrogens is 462 g/mol. The van der Waals surface area contributed by atoms with Crippen molar-refractivity contribution in [2.24, 2.45) is 5.92 Å². The van der Waals surface area contributed by atoms with E-state index < -0.39 is 6.10 Å². The zero-order valence-electron chi connectivity index (χ0n) is 21.3. The Morgan fingerprint density at radius 2 is 2.03 bits per heavy atom. The molecular formula is C26H33N5O5. The number of anilines is 1. The molecule has 10 heteroatoms. The van der Waals surface area contributed by atoms with Crippen molar-refractivity contribution < 1.29 is 23.9 Å². The fourth-order valence-electron chi connectivity index (χ4n) is 4.35. The standard InChI is InChI=1S/C26H33N5O5/c1-14-23(22-15(2)31-36-16(22)3)29-25(30-24(14)28-19-9-18(10-19)26(33)34-5)17-7-6-8-21(11-17)35-13-20(32)12-27-4/h6-8,11,18-20,27,32H,9-10,12-13H2,1-5H3,(H,28,29,30)/t18-,19-,20?. The molecule has 192 valence electrons. The number of aromatic nitrogens is 3. The van der Waals surface area contributed by atoms with E-state index >= 15 is 0 Å². The number of carbonyl (C=O) groups excluding carboxylic acids is 1. The lowest BCUT2D eigenvalue weighted by atomic mass is 9.80. The molecule has 0 radical (unpaired) electrons. The van der Waals surface area contributed by atoms with E-state index in [4.69, 9.17) is 24.0 Å². The molecule has 1 aliphatic carbocycles. The Hall–Kier alpha value is -3.50. The number of carbonyl (C=O) groups is 1. The van der Waals surface area contributed by atoms with Crippen LogP contribution in [0.3, 0.4) is 0 Å². The quantitative estimate of drug-likeness (QED) is 0.361. The predicted molar refractivity (Wildman–Crippen MR) is 135 cm³/mol. The summed E-state index contributed by atoms with van der Waals surface area (Å²) in [6, 6.07) is 7.58. The largest absolute Gasteiger partial charge is 0.491 e. The van der Waals surface area contributed by atoms with Crippen molar-refractivity contribution >= 4 is 11.8 Å². The Morgan fingerprint density at radius 3 is 2.69 bits per heavy atom. The lowest BCUT2D eigenvalue weighted by molar-refractivity contribution is -0.148. The average Bonchev–Trinajstić information content (AvgIpc) is 3.18. The molecule has 3 aromatic rings. The van der Waals surface area contributed by atoms with E-state index in [2.05, 4.69) is 15.8 Å². The average molecular weight is 496 g/mol. The first-order chi connectivity index (χ1) is 17.3. The number of aliphatic hydroxyl groups excluding tert-OH is 1. The van der Waals surface area contributed by atoms with Crippen LogP contribution in [-0.4, -0.2) is 65.7 Å². The molecule has 0 amide bonds. The molecule has 2 aromatic heterocycles. The number of esters is 1. The lowest BCUT2D eigenvalue weighted by Crippen LogP contribution is -2.40. The Bertz CT molecular complexity index is 1200. The number of hydrogen-bond acceptors (Lipinski definition) is 10. The van der Waals surface area contributed by atoms with Crippen LogP contribution in [0.5, 0.6) is 5.75 Å². The number of rotatable bonds is 10. The minimum atomic E-state index is -0.618. The highest BCUT2D eigenvalue weighted by Crippen LogP contribution is 2.36. The summed E-state index contributed by atoms with van der Waals surface area (Å²) in [4.78, 5) is 21.6. The Morgan fingerprint density at radius 1 is 1.25 bits per heavy atom. The zero-order chi connectivity index (χ0) is 25.8. The van der Waals surface area contributed by atoms with Gasteiger partial charge in [0.1, 0.15) is 30.0 Å². The van der Waals surface area contributed by atoms with Gasteiger partial charge in [0, 0.05) is 23.7 Å². The molecule has 1 aliphatic rings. The summed E-state index contributed by atoms with van der Waals surface area (Å²) in [6.45, 7) is 6.32. The van der Waals surface area contributed by atoms with Crippen molar-refractivity contribution in [3.8, 4) is 28.4 Å². The van der Waals surface area contributed by atoms with E-state index in [0.717, 1.165) is 28.1 Å². The van der Waals surface area contributed by atoms with Crippen LogP contribution in [0.1, 0.15) is 29.9 Å². The van der Waals surface area contributed by atoms with Gasteiger partial charge in [-0.25, -0.2) is 9.97 Å². The van der Waals surface area contributed by atoms with Crippen LogP contribution in [-0.2, 0) is 9.53 Å². The highest BCUT2D eigenvalue weighted by molar-refractivity contribution is 5.76. The summed E-state index contributed by atoms with van der Waals surface area (Å²) in [5.74, 6) is 2.23. The smallest absolute Gasteiger partial charge is 0.308 e. The first-order valence-electron chi connectivity index (χ1n) is 12.0. The van der Waals surface area contributed by atoms with Crippen LogP contribution in [0, 0.1) is 26.7 Å². The summed E-state index contributed by atoms with van der Waals surface area (Å²) in [7, 11) is 3.19. The van der Waals surface area contributed by atoms with Gasteiger partial charge in [-0.15, -0.1) is 0 Å². The third-order valence-electron chi connectivity index (χ3n) is 6.40. The number of nitrogens with zero attached hydrogens (tertiary/aromatic N) is 3. The minimum absolute atomic E-state index is 0.0942. The first-order valence-corrected chi connectivity index (χ1v) is 12.0. The van der Waals surface area contributed by atoms with Gasteiger partial charge in [0.25, 0.3) is 0 Å². The van der Waals surface area contributed by atoms with Gasteiger partial charge in [-0.1, -0.05) is 17.3 Å². The van der Waals surface area contributed by atoms with Gasteiger partial charge in [0.05, 0.1) is 30.0 Å². The number of nitrogens with one attached hydrogen (secondary N) is 2. The molecule has 3 N–H and O–H groups in total. The molecule has 1 fully saturated rings. The second-order valence-electron chi connectivity index (χ2n) is 9.15. The van der Waals surface area contributed by atoms with Gasteiger partial charge >= 0.3 is 5.97 Å². The second-order valence-corrected chi connectivity index (χ2v) is 9.15. The van der Waals surface area contributed by atoms with Crippen LogP contribution in [0.25, 0.3) is 22.6 Å². The number of hydrogen-bond donors (Lipinski definition) is 3. The summed E-state index contributed by atoms with van der Waals surface area (Å²) in [5.41, 5.74) is 3.96. The Balaban J connectivity index is 1.67. The number of methoxy groups -OCH3 is 1. The van der Waals surface area contributed by atoms with Gasteiger partial charge in [0.15, 0.2) is 5.82 Å². The molecule has 0 bridgehead atoms. The highest BCUT2D eigenvalue weighted by Gasteiger charge is 2.36. The summed E-state index contributed by atoms with van der Waals surface area (Å²) in [6.07, 6.45) is 0.752. The third-order valence-corrected chi connectivity index (χ3v) is 6.40. The molecule has 1 atom stereocenters. The predicted octanol–water partition coefficient (Wildman–Crippen LogP) is 3.05. The van der Waals surface area contributed by atoms with Crippen LogP contribution < -0.4 is 15.4 Å². The molecule has 1 unspecified atom stereocenters. The maximum absolute atomic E-state index is 11.8. The van der Waals surface area contributed by atoms with E-state index in [1.165, 1.54) is 7.11 Å². The van der Waals surface area contributed by atoms with E-state index in [-0.39, 0.29) is 24.5 Å². The summed E-state index contributed by atoms with van der Waals surface area (Å²) < 4.78 is 16.1. The van der Waals surface area contributed by atoms with Crippen molar-refractivity contribution in [3.05, 3.63) is 41.3 Å². The number of benzene rings is 1. The molecule has 36 heavy (non-hydrogen) atoms. The molecule has 2 heterocycles. The van der Waals surface area contributed by atoms with E-state index in [1.54, 1.807) is 7.05 Å². The molecule has 0 aliphatic heterocycles. The van der Waals surface area contributed by atoms with Crippen molar-refractivity contribution in [3.63, 3.8) is 0 Å². The van der Waals surface area contributed by atoms with E-state index in [9.17, 15) is 9.90 Å². The van der Waals surface area contributed by atoms with Crippen molar-refractivity contribution in [1.29, 1.82) is 0 Å². The van der Waals surface area contributed by atoms with Crippen LogP contribution in [0.4, 0.5) is 5.82 Å². The number of aryl methyl sites for hydroxylation is 2. The third kappa shape index (κ3) is 5.50. The SMILES string of the molecule is CNCC(O)COc1cccc(-c2nc(N[C@H]3C[C@H](C(=O)OC)C3)c(C)c(-c3c(C)noc3C)n2)c1. The van der Waals surface area contributed by atoms with Crippen molar-refractivity contribution in [2.75, 3.05) is 32.6 Å². The molecule has 10 nitrogen and oxygen atoms in total. The van der Waals surface area contributed by atoms with Crippen molar-refractivity contribution in [1.82, 2.24) is 20.4 Å². The number of likely N-dealkylation sites (N-methyl/N-ethyl adjacent to an activating group) is 1. The normalized spacial score (nSPS) is 17.8. The minimum Gasteiger partial charge on any atom is -0.491 e. The van der Waals surface area contributed by atoms with Gasteiger partial charge in [-0.2, -0.15) is 0 Å². The van der Waals surface area contributed by atoms with E-state index in [1.807, 2.05) is 45.0 Å². The van der Waals surface area contributed by atoms with Gasteiger partial charge in [-0.3, -0.25) is 4.79 Å². The lowest BCUT2D eigenvalue weighted by Gasteiger charge is -2.34. The molecule has 0 saturated heterocycles. The van der Waals surface area contributed by atoms with Crippen LogP contribution in [0.15, 0.2) is 28.8 Å². The summed E-state index contributed by atoms with van der Waals surface area (Å²) in [5, 5.41) is 20.5. The Labute approximate surface area is 210 Å². The second kappa shape index (κ2) is 11.0. The van der Waals surface area contributed by atoms with E-state index in [0.29, 0.717) is 42.5 Å². The topological polar surface area (TPSA) is 132 Å². The molecule has 4 rings (SSSR count). The fraction of sp³-hybridized carbons (Fsp3) is 0.462. The van der Waals surface area contributed by atoms with Crippen molar-refractivity contribution in [2.45, 2.75) is 45.8 Å². The molecule has 0 spiro atoms. The van der Waals surface area contributed by atoms with Gasteiger partial charge < -0.3 is 29.7 Å². The van der Waals surface area contributed by atoms with Gasteiger partial charge in [0.2, 0.25) is 0 Å². The Kier molecular flexibility index (Phi) is 7.85. The molecule has 1 aromatic carbocycles. The number of ether oxygens (including phenoxy) is 2. The number of aliphatic hydroxyl groups is 1. The fourth-order valence-corrected chi connectivity index (χ4v) is 4.35. The molecule has 1 saturated carbocycles. The maximum atomic E-state index is 11.8. The van der Waals surface area contributed by atoms with Gasteiger partial charge in [-0.05, 0) is 52.8 Å². The first kappa shape index (κ1) is 25.6. The van der Waals surface area contributed by atoms with Crippen LogP contribution >= 0.6 is 0 Å².